The molecule has 88 valence electrons. The lowest BCUT2D eigenvalue weighted by Gasteiger charge is -2.28. The Hall–Kier alpha value is -0.870. The van der Waals surface area contributed by atoms with Gasteiger partial charge >= 0.3 is 0 Å². The minimum Gasteiger partial charge on any atom is -0.334 e. The van der Waals surface area contributed by atoms with E-state index in [0.717, 1.165) is 17.7 Å². The summed E-state index contributed by atoms with van der Waals surface area (Å²) >= 11 is 1.51. The quantitative estimate of drug-likeness (QED) is 0.873. The van der Waals surface area contributed by atoms with Crippen LogP contribution in [0.3, 0.4) is 0 Å². The first-order valence-corrected chi connectivity index (χ1v) is 6.75. The first kappa shape index (κ1) is 11.6. The number of nitrogens with two attached hydrogens (primary N) is 1. The van der Waals surface area contributed by atoms with E-state index in [-0.39, 0.29) is 5.91 Å². The van der Waals surface area contributed by atoms with Crippen molar-refractivity contribution in [3.63, 3.8) is 0 Å². The highest BCUT2D eigenvalue weighted by atomic mass is 32.1. The molecule has 2 rings (SSSR count). The van der Waals surface area contributed by atoms with Crippen molar-refractivity contribution in [1.82, 2.24) is 4.90 Å². The van der Waals surface area contributed by atoms with E-state index in [2.05, 4.69) is 0 Å². The lowest BCUT2D eigenvalue weighted by molar-refractivity contribution is 0.0693. The van der Waals surface area contributed by atoms with Crippen LogP contribution in [0.2, 0.25) is 0 Å². The highest BCUT2D eigenvalue weighted by molar-refractivity contribution is 7.12. The van der Waals surface area contributed by atoms with Gasteiger partial charge in [-0.05, 0) is 24.3 Å². The molecule has 0 aliphatic heterocycles. The number of hydrogen-bond acceptors (Lipinski definition) is 3. The largest absolute Gasteiger partial charge is 0.334 e. The van der Waals surface area contributed by atoms with Gasteiger partial charge in [-0.3, -0.25) is 4.79 Å². The van der Waals surface area contributed by atoms with Gasteiger partial charge in [0.15, 0.2) is 0 Å². The Balaban J connectivity index is 2.09. The maximum Gasteiger partial charge on any atom is 0.264 e. The van der Waals surface area contributed by atoms with Crippen LogP contribution >= 0.6 is 11.3 Å². The maximum absolute atomic E-state index is 12.3. The zero-order chi connectivity index (χ0) is 11.4. The minimum absolute atomic E-state index is 0.160. The molecule has 16 heavy (non-hydrogen) atoms. The van der Waals surface area contributed by atoms with Crippen LogP contribution in [0, 0.1) is 0 Å². The van der Waals surface area contributed by atoms with E-state index in [1.165, 1.54) is 24.2 Å². The Morgan fingerprint density at radius 1 is 1.50 bits per heavy atom. The summed E-state index contributed by atoms with van der Waals surface area (Å²) < 4.78 is 0. The fourth-order valence-corrected chi connectivity index (χ4v) is 3.03. The SMILES string of the molecule is NCCN(C(=O)c1cccs1)C1CCCC1. The Morgan fingerprint density at radius 3 is 2.81 bits per heavy atom. The summed E-state index contributed by atoms with van der Waals surface area (Å²) in [6.45, 7) is 1.23. The van der Waals surface area contributed by atoms with Gasteiger partial charge in [0.1, 0.15) is 0 Å². The molecule has 4 heteroatoms. The van der Waals surface area contributed by atoms with Crippen molar-refractivity contribution in [2.45, 2.75) is 31.7 Å². The molecule has 1 aliphatic carbocycles. The van der Waals surface area contributed by atoms with Crippen LogP contribution in [-0.4, -0.2) is 29.9 Å². The first-order chi connectivity index (χ1) is 7.83. The molecule has 1 aromatic heterocycles. The number of thiophene rings is 1. The van der Waals surface area contributed by atoms with Crippen molar-refractivity contribution in [3.05, 3.63) is 22.4 Å². The van der Waals surface area contributed by atoms with Gasteiger partial charge in [-0.25, -0.2) is 0 Å². The molecule has 1 amide bonds. The summed E-state index contributed by atoms with van der Waals surface area (Å²) in [6.07, 6.45) is 4.75. The molecule has 1 saturated carbocycles. The number of nitrogens with zero attached hydrogens (tertiary/aromatic N) is 1. The molecule has 0 spiro atoms. The van der Waals surface area contributed by atoms with Gasteiger partial charge in [0.25, 0.3) is 5.91 Å². The predicted molar refractivity (Wildman–Crippen MR) is 66.7 cm³/mol. The Labute approximate surface area is 100 Å². The number of rotatable bonds is 4. The standard InChI is InChI=1S/C12H18N2OS/c13-7-8-14(10-4-1-2-5-10)12(15)11-6-3-9-16-11/h3,6,9-10H,1-2,4-5,7-8,13H2. The van der Waals surface area contributed by atoms with Gasteiger partial charge in [0, 0.05) is 19.1 Å². The van der Waals surface area contributed by atoms with Crippen molar-refractivity contribution < 1.29 is 4.79 Å². The third-order valence-electron chi connectivity index (χ3n) is 3.13. The Bertz CT molecular complexity index is 331. The van der Waals surface area contributed by atoms with Crippen molar-refractivity contribution >= 4 is 17.2 Å². The van der Waals surface area contributed by atoms with Gasteiger partial charge in [-0.2, -0.15) is 0 Å². The van der Waals surface area contributed by atoms with Gasteiger partial charge in [0.2, 0.25) is 0 Å². The smallest absolute Gasteiger partial charge is 0.264 e. The van der Waals surface area contributed by atoms with E-state index in [9.17, 15) is 4.79 Å². The normalized spacial score (nSPS) is 16.6. The Kier molecular flexibility index (Phi) is 3.96. The fourth-order valence-electron chi connectivity index (χ4n) is 2.35. The molecule has 0 unspecified atom stereocenters. The van der Waals surface area contributed by atoms with Crippen LogP contribution < -0.4 is 5.73 Å². The predicted octanol–water partition coefficient (Wildman–Crippen LogP) is 2.09. The van der Waals surface area contributed by atoms with E-state index in [1.807, 2.05) is 22.4 Å². The minimum atomic E-state index is 0.160. The average molecular weight is 238 g/mol. The molecule has 0 aromatic carbocycles. The van der Waals surface area contributed by atoms with E-state index in [0.29, 0.717) is 19.1 Å². The molecule has 2 N–H and O–H groups in total. The summed E-state index contributed by atoms with van der Waals surface area (Å²) in [5.41, 5.74) is 5.60. The molecule has 1 fully saturated rings. The zero-order valence-electron chi connectivity index (χ0n) is 9.39. The second-order valence-corrected chi connectivity index (χ2v) is 5.15. The second kappa shape index (κ2) is 5.46. The summed E-state index contributed by atoms with van der Waals surface area (Å²) in [4.78, 5) is 15.1. The van der Waals surface area contributed by atoms with Crippen LogP contribution in [-0.2, 0) is 0 Å². The Morgan fingerprint density at radius 2 is 2.25 bits per heavy atom. The van der Waals surface area contributed by atoms with Crippen molar-refractivity contribution in [3.8, 4) is 0 Å². The highest BCUT2D eigenvalue weighted by Crippen LogP contribution is 2.25. The van der Waals surface area contributed by atoms with Crippen LogP contribution in [0.25, 0.3) is 0 Å². The molecular weight excluding hydrogens is 220 g/mol. The third kappa shape index (κ3) is 2.44. The van der Waals surface area contributed by atoms with Crippen molar-refractivity contribution in [2.24, 2.45) is 5.73 Å². The van der Waals surface area contributed by atoms with Gasteiger partial charge < -0.3 is 10.6 Å². The van der Waals surface area contributed by atoms with Crippen molar-refractivity contribution in [1.29, 1.82) is 0 Å². The molecule has 0 saturated heterocycles. The van der Waals surface area contributed by atoms with E-state index in [1.54, 1.807) is 0 Å². The van der Waals surface area contributed by atoms with Crippen molar-refractivity contribution in [2.75, 3.05) is 13.1 Å². The molecular formula is C12H18N2OS. The molecule has 1 heterocycles. The summed E-state index contributed by atoms with van der Waals surface area (Å²) in [5.74, 6) is 0.160. The van der Waals surface area contributed by atoms with Crippen LogP contribution in [0.1, 0.15) is 35.4 Å². The number of amides is 1. The lowest BCUT2D eigenvalue weighted by atomic mass is 10.2. The monoisotopic (exact) mass is 238 g/mol. The van der Waals surface area contributed by atoms with Gasteiger partial charge in [-0.15, -0.1) is 11.3 Å². The van der Waals surface area contributed by atoms with Gasteiger partial charge in [0.05, 0.1) is 4.88 Å². The van der Waals surface area contributed by atoms with Crippen LogP contribution in [0.15, 0.2) is 17.5 Å². The van der Waals surface area contributed by atoms with Crippen LogP contribution in [0.4, 0.5) is 0 Å². The third-order valence-corrected chi connectivity index (χ3v) is 3.99. The molecule has 1 aromatic rings. The topological polar surface area (TPSA) is 46.3 Å². The molecule has 0 bridgehead atoms. The maximum atomic E-state index is 12.3. The first-order valence-electron chi connectivity index (χ1n) is 5.87. The fraction of sp³-hybridized carbons (Fsp3) is 0.583. The average Bonchev–Trinajstić information content (AvgIpc) is 2.96. The van der Waals surface area contributed by atoms with E-state index >= 15 is 0 Å². The second-order valence-electron chi connectivity index (χ2n) is 4.20. The molecule has 1 aliphatic rings. The molecule has 0 radical (unpaired) electrons. The highest BCUT2D eigenvalue weighted by Gasteiger charge is 2.27. The van der Waals surface area contributed by atoms with Gasteiger partial charge in [-0.1, -0.05) is 18.9 Å². The van der Waals surface area contributed by atoms with E-state index < -0.39 is 0 Å². The molecule has 3 nitrogen and oxygen atoms in total. The zero-order valence-corrected chi connectivity index (χ0v) is 10.2. The van der Waals surface area contributed by atoms with Crippen LogP contribution in [0.5, 0.6) is 0 Å². The lowest BCUT2D eigenvalue weighted by Crippen LogP contribution is -2.41. The summed E-state index contributed by atoms with van der Waals surface area (Å²) in [6, 6.07) is 4.23. The number of hydrogen-bond donors (Lipinski definition) is 1. The summed E-state index contributed by atoms with van der Waals surface area (Å²) in [7, 11) is 0. The van der Waals surface area contributed by atoms with E-state index in [4.69, 9.17) is 5.73 Å². The molecule has 0 atom stereocenters. The number of carbonyl (C=O) groups is 1. The summed E-state index contributed by atoms with van der Waals surface area (Å²) in [5, 5.41) is 1.95. The number of carbonyl (C=O) groups excluding carboxylic acids is 1.